The number of hydrogen-bond acceptors (Lipinski definition) is 3. The topological polar surface area (TPSA) is 35.0 Å². The SMILES string of the molecule is CC1(C)CCC(Oc2ncnc(Cl)c2Br)CC1. The van der Waals surface area contributed by atoms with Gasteiger partial charge in [-0.2, -0.15) is 0 Å². The molecule has 17 heavy (non-hydrogen) atoms. The number of hydrogen-bond donors (Lipinski definition) is 0. The lowest BCUT2D eigenvalue weighted by Gasteiger charge is -2.34. The Kier molecular flexibility index (Phi) is 3.93. The van der Waals surface area contributed by atoms with Crippen LogP contribution in [0.5, 0.6) is 5.88 Å². The van der Waals surface area contributed by atoms with Gasteiger partial charge in [-0.25, -0.2) is 9.97 Å². The molecule has 5 heteroatoms. The highest BCUT2D eigenvalue weighted by Gasteiger charge is 2.28. The minimum atomic E-state index is 0.241. The Hall–Kier alpha value is -0.350. The Morgan fingerprint density at radius 2 is 2.00 bits per heavy atom. The van der Waals surface area contributed by atoms with Crippen LogP contribution in [0.3, 0.4) is 0 Å². The van der Waals surface area contributed by atoms with Crippen LogP contribution < -0.4 is 4.74 Å². The molecule has 0 spiro atoms. The zero-order valence-electron chi connectivity index (χ0n) is 10.0. The van der Waals surface area contributed by atoms with Crippen molar-refractivity contribution in [2.45, 2.75) is 45.6 Å². The van der Waals surface area contributed by atoms with Crippen molar-refractivity contribution in [2.24, 2.45) is 5.41 Å². The fourth-order valence-electron chi connectivity index (χ4n) is 2.06. The number of nitrogens with zero attached hydrogens (tertiary/aromatic N) is 2. The van der Waals surface area contributed by atoms with Crippen LogP contribution in [0.4, 0.5) is 0 Å². The summed E-state index contributed by atoms with van der Waals surface area (Å²) in [5, 5.41) is 0.395. The van der Waals surface area contributed by atoms with Crippen molar-refractivity contribution >= 4 is 27.5 Å². The third-order valence-electron chi connectivity index (χ3n) is 3.28. The van der Waals surface area contributed by atoms with Crippen molar-refractivity contribution in [3.05, 3.63) is 16.0 Å². The average molecular weight is 320 g/mol. The summed E-state index contributed by atoms with van der Waals surface area (Å²) >= 11 is 9.25. The van der Waals surface area contributed by atoms with E-state index in [2.05, 4.69) is 39.7 Å². The van der Waals surface area contributed by atoms with Crippen molar-refractivity contribution in [2.75, 3.05) is 0 Å². The van der Waals surface area contributed by atoms with Gasteiger partial charge in [0.1, 0.15) is 16.9 Å². The molecule has 0 aromatic carbocycles. The Morgan fingerprint density at radius 3 is 2.65 bits per heavy atom. The third-order valence-corrected chi connectivity index (χ3v) is 4.51. The normalized spacial score (nSPS) is 20.2. The number of aromatic nitrogens is 2. The van der Waals surface area contributed by atoms with E-state index < -0.39 is 0 Å². The Labute approximate surface area is 115 Å². The van der Waals surface area contributed by atoms with Crippen LogP contribution >= 0.6 is 27.5 Å². The van der Waals surface area contributed by atoms with E-state index in [0.717, 1.165) is 12.8 Å². The van der Waals surface area contributed by atoms with E-state index in [0.29, 0.717) is 20.9 Å². The summed E-state index contributed by atoms with van der Waals surface area (Å²) in [5.74, 6) is 0.551. The average Bonchev–Trinajstić information content (AvgIpc) is 2.27. The number of halogens is 2. The van der Waals surface area contributed by atoms with Crippen LogP contribution in [0, 0.1) is 5.41 Å². The van der Waals surface area contributed by atoms with Crippen molar-refractivity contribution in [1.82, 2.24) is 9.97 Å². The highest BCUT2D eigenvalue weighted by atomic mass is 79.9. The molecule has 0 aliphatic heterocycles. The van der Waals surface area contributed by atoms with Crippen molar-refractivity contribution in [1.29, 1.82) is 0 Å². The molecule has 1 saturated carbocycles. The summed E-state index contributed by atoms with van der Waals surface area (Å²) in [6.45, 7) is 4.61. The largest absolute Gasteiger partial charge is 0.473 e. The monoisotopic (exact) mass is 318 g/mol. The lowest BCUT2D eigenvalue weighted by atomic mass is 9.76. The Balaban J connectivity index is 2.00. The van der Waals surface area contributed by atoms with Crippen LogP contribution in [-0.4, -0.2) is 16.1 Å². The van der Waals surface area contributed by atoms with Gasteiger partial charge in [0.2, 0.25) is 5.88 Å². The smallest absolute Gasteiger partial charge is 0.232 e. The zero-order chi connectivity index (χ0) is 12.5. The molecule has 0 radical (unpaired) electrons. The maximum atomic E-state index is 5.90. The maximum Gasteiger partial charge on any atom is 0.232 e. The summed E-state index contributed by atoms with van der Waals surface area (Å²) in [5.41, 5.74) is 0.445. The third kappa shape index (κ3) is 3.32. The van der Waals surface area contributed by atoms with Gasteiger partial charge in [-0.3, -0.25) is 0 Å². The molecule has 0 saturated heterocycles. The maximum absolute atomic E-state index is 5.90. The van der Waals surface area contributed by atoms with Gasteiger partial charge in [0.15, 0.2) is 5.15 Å². The molecular weight excluding hydrogens is 304 g/mol. The highest BCUT2D eigenvalue weighted by molar-refractivity contribution is 9.10. The van der Waals surface area contributed by atoms with Crippen molar-refractivity contribution in [3.8, 4) is 5.88 Å². The summed E-state index contributed by atoms with van der Waals surface area (Å²) in [7, 11) is 0. The van der Waals surface area contributed by atoms with Crippen LogP contribution in [0.2, 0.25) is 5.15 Å². The molecule has 0 bridgehead atoms. The van der Waals surface area contributed by atoms with E-state index in [1.54, 1.807) is 0 Å². The Morgan fingerprint density at radius 1 is 1.35 bits per heavy atom. The van der Waals surface area contributed by atoms with Gasteiger partial charge < -0.3 is 4.74 Å². The molecule has 0 atom stereocenters. The first-order chi connectivity index (χ1) is 7.98. The predicted molar refractivity (Wildman–Crippen MR) is 71.4 cm³/mol. The molecule has 0 amide bonds. The molecule has 1 fully saturated rings. The van der Waals surface area contributed by atoms with E-state index >= 15 is 0 Å². The minimum Gasteiger partial charge on any atom is -0.473 e. The first-order valence-electron chi connectivity index (χ1n) is 5.81. The van der Waals surface area contributed by atoms with Gasteiger partial charge in [-0.05, 0) is 47.0 Å². The second-order valence-corrected chi connectivity index (χ2v) is 6.42. The first-order valence-corrected chi connectivity index (χ1v) is 6.98. The van der Waals surface area contributed by atoms with E-state index in [-0.39, 0.29) is 6.10 Å². The van der Waals surface area contributed by atoms with E-state index in [9.17, 15) is 0 Å². The van der Waals surface area contributed by atoms with Gasteiger partial charge in [-0.1, -0.05) is 25.4 Å². The molecule has 1 aromatic heterocycles. The van der Waals surface area contributed by atoms with Crippen LogP contribution in [0.25, 0.3) is 0 Å². The molecular formula is C12H16BrClN2O. The summed E-state index contributed by atoms with van der Waals surface area (Å²) < 4.78 is 6.52. The molecule has 1 aliphatic rings. The summed E-state index contributed by atoms with van der Waals surface area (Å²) in [4.78, 5) is 7.99. The molecule has 0 unspecified atom stereocenters. The fraction of sp³-hybridized carbons (Fsp3) is 0.667. The van der Waals surface area contributed by atoms with Crippen molar-refractivity contribution in [3.63, 3.8) is 0 Å². The number of rotatable bonds is 2. The van der Waals surface area contributed by atoms with E-state index in [4.69, 9.17) is 16.3 Å². The quantitative estimate of drug-likeness (QED) is 0.765. The Bertz CT molecular complexity index is 401. The lowest BCUT2D eigenvalue weighted by Crippen LogP contribution is -2.28. The van der Waals surface area contributed by atoms with Gasteiger partial charge in [0.05, 0.1) is 0 Å². The molecule has 1 aromatic rings. The number of ether oxygens (including phenoxy) is 1. The van der Waals surface area contributed by atoms with Crippen molar-refractivity contribution < 1.29 is 4.74 Å². The summed E-state index contributed by atoms with van der Waals surface area (Å²) in [6.07, 6.45) is 6.18. The van der Waals surface area contributed by atoms with E-state index in [1.165, 1.54) is 19.2 Å². The first kappa shape index (κ1) is 13.1. The minimum absolute atomic E-state index is 0.241. The predicted octanol–water partition coefficient (Wildman–Crippen LogP) is 4.24. The molecule has 3 nitrogen and oxygen atoms in total. The molecule has 0 N–H and O–H groups in total. The van der Waals surface area contributed by atoms with Crippen LogP contribution in [0.15, 0.2) is 10.8 Å². The second kappa shape index (κ2) is 5.11. The molecule has 94 valence electrons. The lowest BCUT2D eigenvalue weighted by molar-refractivity contribution is 0.0941. The van der Waals surface area contributed by atoms with E-state index in [1.807, 2.05) is 0 Å². The molecule has 1 aliphatic carbocycles. The summed E-state index contributed by atoms with van der Waals surface area (Å²) in [6, 6.07) is 0. The van der Waals surface area contributed by atoms with Gasteiger partial charge in [0.25, 0.3) is 0 Å². The molecule has 2 rings (SSSR count). The second-order valence-electron chi connectivity index (χ2n) is 5.27. The highest BCUT2D eigenvalue weighted by Crippen LogP contribution is 2.37. The standard InChI is InChI=1S/C12H16BrClN2O/c1-12(2)5-3-8(4-6-12)17-11-9(13)10(14)15-7-16-11/h7-8H,3-6H2,1-2H3. The zero-order valence-corrected chi connectivity index (χ0v) is 12.4. The van der Waals surface area contributed by atoms with Crippen LogP contribution in [-0.2, 0) is 0 Å². The van der Waals surface area contributed by atoms with Gasteiger partial charge >= 0.3 is 0 Å². The van der Waals surface area contributed by atoms with Crippen LogP contribution in [0.1, 0.15) is 39.5 Å². The van der Waals surface area contributed by atoms with Gasteiger partial charge in [0, 0.05) is 0 Å². The van der Waals surface area contributed by atoms with Gasteiger partial charge in [-0.15, -0.1) is 0 Å². The molecule has 1 heterocycles. The fourth-order valence-corrected chi connectivity index (χ4v) is 2.49.